The highest BCUT2D eigenvalue weighted by atomic mass is 32.2. The second-order valence-electron chi connectivity index (χ2n) is 9.56. The topological polar surface area (TPSA) is 126 Å². The van der Waals surface area contributed by atoms with Crippen LogP contribution in [0, 0.1) is 0 Å². The van der Waals surface area contributed by atoms with Crippen molar-refractivity contribution in [1.82, 2.24) is 15.2 Å². The van der Waals surface area contributed by atoms with Crippen LogP contribution in [-0.2, 0) is 14.3 Å². The van der Waals surface area contributed by atoms with Crippen LogP contribution in [0.5, 0.6) is 0 Å². The van der Waals surface area contributed by atoms with Crippen LogP contribution in [0.4, 0.5) is 5.69 Å². The summed E-state index contributed by atoms with van der Waals surface area (Å²) in [5.74, 6) is -0.853. The lowest BCUT2D eigenvalue weighted by Crippen LogP contribution is -2.53. The zero-order valence-corrected chi connectivity index (χ0v) is 22.5. The smallest absolute Gasteiger partial charge is 0.268 e. The lowest BCUT2D eigenvalue weighted by Gasteiger charge is -2.31. The Morgan fingerprint density at radius 3 is 2.42 bits per heavy atom. The summed E-state index contributed by atoms with van der Waals surface area (Å²) in [4.78, 5) is 48.5. The molecule has 9 nitrogen and oxygen atoms in total. The Labute approximate surface area is 235 Å². The van der Waals surface area contributed by atoms with E-state index in [0.29, 0.717) is 37.7 Å². The van der Waals surface area contributed by atoms with Gasteiger partial charge in [-0.05, 0) is 29.8 Å². The molecule has 3 heterocycles. The van der Waals surface area contributed by atoms with Crippen molar-refractivity contribution in [1.29, 1.82) is 0 Å². The maximum Gasteiger partial charge on any atom is 0.268 e. The summed E-state index contributed by atoms with van der Waals surface area (Å²) in [7, 11) is 0. The fourth-order valence-corrected chi connectivity index (χ4v) is 6.41. The molecule has 0 spiro atoms. The number of rotatable bonds is 5. The maximum absolute atomic E-state index is 14.3. The minimum atomic E-state index is -0.916. The van der Waals surface area contributed by atoms with Gasteiger partial charge in [-0.1, -0.05) is 60.7 Å². The largest absolute Gasteiger partial charge is 0.412 e. The summed E-state index contributed by atoms with van der Waals surface area (Å²) in [6.07, 6.45) is 0. The number of carbonyl (C=O) groups is 3. The second-order valence-corrected chi connectivity index (χ2v) is 10.7. The van der Waals surface area contributed by atoms with Crippen molar-refractivity contribution < 1.29 is 24.6 Å². The molecule has 0 unspecified atom stereocenters. The summed E-state index contributed by atoms with van der Waals surface area (Å²) in [6.45, 7) is 1.82. The fraction of sp³-hybridized carbons (Fsp3) is 0.233. The summed E-state index contributed by atoms with van der Waals surface area (Å²) in [5.41, 5.74) is 2.79. The number of aromatic nitrogens is 1. The van der Waals surface area contributed by atoms with Gasteiger partial charge in [0.15, 0.2) is 0 Å². The molecular weight excluding hydrogens is 528 g/mol. The van der Waals surface area contributed by atoms with Gasteiger partial charge in [-0.3, -0.25) is 14.4 Å². The van der Waals surface area contributed by atoms with Crippen LogP contribution >= 0.6 is 11.8 Å². The number of H-pyrrole nitrogens is 1. The third-order valence-corrected chi connectivity index (χ3v) is 8.49. The van der Waals surface area contributed by atoms with Crippen LogP contribution in [0.25, 0.3) is 10.9 Å². The van der Waals surface area contributed by atoms with Gasteiger partial charge in [0.25, 0.3) is 11.8 Å². The Morgan fingerprint density at radius 2 is 1.65 bits per heavy atom. The highest BCUT2D eigenvalue weighted by Crippen LogP contribution is 2.45. The zero-order chi connectivity index (χ0) is 26.8. The molecule has 1 saturated heterocycles. The standard InChI is InChI=1S/C30H28N4O4S.H2O/c35-26(33-14-16-38-17-15-33)19-34-24-12-6-7-13-25(24)39-28(20-8-2-1-3-9-20)27(30(34)37)32-29(36)23-18-21-10-4-5-11-22(21)31-23;/h1-13,18,27-28,31H,14-17,19H2,(H,32,36);1H2/t27-,28-;/m0./s1. The highest BCUT2D eigenvalue weighted by Gasteiger charge is 2.40. The molecule has 0 aliphatic carbocycles. The summed E-state index contributed by atoms with van der Waals surface area (Å²) in [6, 6.07) is 25.8. The first kappa shape index (κ1) is 27.4. The molecule has 2 aliphatic heterocycles. The molecule has 3 amide bonds. The quantitative estimate of drug-likeness (QED) is 0.389. The number of anilines is 1. The van der Waals surface area contributed by atoms with Crippen LogP contribution < -0.4 is 10.2 Å². The monoisotopic (exact) mass is 558 g/mol. The van der Waals surface area contributed by atoms with E-state index in [2.05, 4.69) is 10.3 Å². The average molecular weight is 559 g/mol. The summed E-state index contributed by atoms with van der Waals surface area (Å²) >= 11 is 1.52. The third kappa shape index (κ3) is 5.46. The van der Waals surface area contributed by atoms with E-state index in [1.54, 1.807) is 11.0 Å². The van der Waals surface area contributed by atoms with Crippen molar-refractivity contribution in [3.05, 3.63) is 96.2 Å². The molecule has 6 rings (SSSR count). The van der Waals surface area contributed by atoms with E-state index in [9.17, 15) is 14.4 Å². The Balaban J connectivity index is 0.00000323. The van der Waals surface area contributed by atoms with Crippen molar-refractivity contribution in [3.63, 3.8) is 0 Å². The number of nitrogens with zero attached hydrogens (tertiary/aromatic N) is 2. The van der Waals surface area contributed by atoms with Gasteiger partial charge >= 0.3 is 0 Å². The van der Waals surface area contributed by atoms with Crippen LogP contribution in [0.3, 0.4) is 0 Å². The molecule has 1 fully saturated rings. The van der Waals surface area contributed by atoms with E-state index in [0.717, 1.165) is 21.4 Å². The van der Waals surface area contributed by atoms with Crippen molar-refractivity contribution in [2.75, 3.05) is 37.7 Å². The molecule has 4 aromatic rings. The number of morpholine rings is 1. The summed E-state index contributed by atoms with van der Waals surface area (Å²) < 4.78 is 5.40. The number of ether oxygens (including phenoxy) is 1. The number of hydrogen-bond acceptors (Lipinski definition) is 5. The number of aromatic amines is 1. The van der Waals surface area contributed by atoms with E-state index < -0.39 is 11.3 Å². The SMILES string of the molecule is O.O=C(N[C@@H]1C(=O)N(CC(=O)N2CCOCC2)c2ccccc2S[C@H]1c1ccccc1)c1cc2ccccc2[nH]1. The molecule has 2 aliphatic rings. The Morgan fingerprint density at radius 1 is 0.950 bits per heavy atom. The number of para-hydroxylation sites is 2. The van der Waals surface area contributed by atoms with Crippen molar-refractivity contribution >= 4 is 46.1 Å². The minimum Gasteiger partial charge on any atom is -0.412 e. The van der Waals surface area contributed by atoms with E-state index in [4.69, 9.17) is 4.74 Å². The lowest BCUT2D eigenvalue weighted by atomic mass is 10.0. The Bertz CT molecular complexity index is 1490. The van der Waals surface area contributed by atoms with E-state index in [-0.39, 0.29) is 29.7 Å². The van der Waals surface area contributed by atoms with Gasteiger partial charge < -0.3 is 30.3 Å². The molecule has 1 aromatic heterocycles. The molecule has 0 radical (unpaired) electrons. The van der Waals surface area contributed by atoms with Crippen LogP contribution in [-0.4, -0.2) is 72.0 Å². The minimum absolute atomic E-state index is 0. The molecule has 2 atom stereocenters. The van der Waals surface area contributed by atoms with Gasteiger partial charge in [0.05, 0.1) is 24.2 Å². The first-order chi connectivity index (χ1) is 19.1. The van der Waals surface area contributed by atoms with Gasteiger partial charge in [0.1, 0.15) is 18.3 Å². The number of amides is 3. The molecule has 206 valence electrons. The molecule has 0 saturated carbocycles. The van der Waals surface area contributed by atoms with E-state index in [1.165, 1.54) is 16.7 Å². The summed E-state index contributed by atoms with van der Waals surface area (Å²) in [5, 5.41) is 3.53. The second kappa shape index (κ2) is 12.0. The van der Waals surface area contributed by atoms with Gasteiger partial charge in [0.2, 0.25) is 5.91 Å². The van der Waals surface area contributed by atoms with Crippen molar-refractivity contribution in [2.24, 2.45) is 0 Å². The van der Waals surface area contributed by atoms with E-state index in [1.807, 2.05) is 78.9 Å². The molecule has 10 heteroatoms. The average Bonchev–Trinajstić information content (AvgIpc) is 3.39. The number of fused-ring (bicyclic) bond motifs is 2. The highest BCUT2D eigenvalue weighted by molar-refractivity contribution is 7.99. The van der Waals surface area contributed by atoms with Gasteiger partial charge in [-0.15, -0.1) is 11.8 Å². The zero-order valence-electron chi connectivity index (χ0n) is 21.7. The number of nitrogens with one attached hydrogen (secondary N) is 2. The van der Waals surface area contributed by atoms with Gasteiger partial charge in [-0.2, -0.15) is 0 Å². The lowest BCUT2D eigenvalue weighted by molar-refractivity contribution is -0.135. The molecule has 40 heavy (non-hydrogen) atoms. The van der Waals surface area contributed by atoms with Crippen molar-refractivity contribution in [3.8, 4) is 0 Å². The predicted octanol–water partition coefficient (Wildman–Crippen LogP) is 3.18. The molecule has 3 aromatic carbocycles. The number of benzene rings is 3. The fourth-order valence-electron chi connectivity index (χ4n) is 5.07. The normalized spacial score (nSPS) is 18.9. The number of hydrogen-bond donors (Lipinski definition) is 2. The van der Waals surface area contributed by atoms with Gasteiger partial charge in [0, 0.05) is 28.9 Å². The number of carbonyl (C=O) groups excluding carboxylic acids is 3. The third-order valence-electron chi connectivity index (χ3n) is 7.09. The first-order valence-corrected chi connectivity index (χ1v) is 13.8. The predicted molar refractivity (Wildman–Crippen MR) is 154 cm³/mol. The first-order valence-electron chi connectivity index (χ1n) is 12.9. The van der Waals surface area contributed by atoms with Crippen molar-refractivity contribution in [2.45, 2.75) is 16.2 Å². The van der Waals surface area contributed by atoms with Crippen LogP contribution in [0.2, 0.25) is 0 Å². The van der Waals surface area contributed by atoms with E-state index >= 15 is 0 Å². The van der Waals surface area contributed by atoms with Gasteiger partial charge in [-0.25, -0.2) is 0 Å². The Hall–Kier alpha value is -4.12. The molecular formula is C30H30N4O5S. The van der Waals surface area contributed by atoms with Crippen LogP contribution in [0.1, 0.15) is 21.3 Å². The molecule has 0 bridgehead atoms. The van der Waals surface area contributed by atoms with Crippen LogP contribution in [0.15, 0.2) is 89.8 Å². The Kier molecular flexibility index (Phi) is 8.20. The maximum atomic E-state index is 14.3. The number of thioether (sulfide) groups is 1. The molecule has 4 N–H and O–H groups in total.